The van der Waals surface area contributed by atoms with Gasteiger partial charge in [0.15, 0.2) is 0 Å². The molecule has 72 valence electrons. The summed E-state index contributed by atoms with van der Waals surface area (Å²) in [6.45, 7) is 3.75. The summed E-state index contributed by atoms with van der Waals surface area (Å²) in [6.07, 6.45) is 6.16. The van der Waals surface area contributed by atoms with Crippen molar-refractivity contribution in [2.75, 3.05) is 0 Å². The van der Waals surface area contributed by atoms with Gasteiger partial charge in [-0.3, -0.25) is 0 Å². The van der Waals surface area contributed by atoms with Crippen molar-refractivity contribution in [2.24, 2.45) is 0 Å². The van der Waals surface area contributed by atoms with Gasteiger partial charge in [-0.15, -0.1) is 0 Å². The number of aromatic nitrogens is 1. The number of pyridine rings is 1. The van der Waals surface area contributed by atoms with Gasteiger partial charge in [0.25, 0.3) is 0 Å². The molecule has 0 N–H and O–H groups in total. The van der Waals surface area contributed by atoms with E-state index in [0.717, 1.165) is 0 Å². The number of hydrogen-bond donors (Lipinski definition) is 0. The second-order valence-corrected chi connectivity index (χ2v) is 6.04. The first kappa shape index (κ1) is 10.0. The molecule has 14 heavy (non-hydrogen) atoms. The maximum atomic E-state index is 3.75. The van der Waals surface area contributed by atoms with Crippen molar-refractivity contribution in [3.63, 3.8) is 0 Å². The van der Waals surface area contributed by atoms with Crippen molar-refractivity contribution in [1.82, 2.24) is 0 Å². The van der Waals surface area contributed by atoms with Crippen LogP contribution in [0.5, 0.6) is 0 Å². The Morgan fingerprint density at radius 3 is 2.86 bits per heavy atom. The Morgan fingerprint density at radius 2 is 2.29 bits per heavy atom. The van der Waals surface area contributed by atoms with Crippen LogP contribution < -0.4 is 4.57 Å². The first-order valence-electron chi connectivity index (χ1n) is 4.45. The van der Waals surface area contributed by atoms with Gasteiger partial charge in [0.2, 0.25) is 0 Å². The molecule has 1 aromatic heterocycles. The Balaban J connectivity index is 2.15. The fraction of sp³-hybridized carbons (Fsp3) is 0.182. The molecule has 0 amide bonds. The average molecular weight is 269 g/mol. The van der Waals surface area contributed by atoms with Crippen LogP contribution in [0.25, 0.3) is 6.08 Å². The topological polar surface area (TPSA) is 3.88 Å². The van der Waals surface area contributed by atoms with Crippen molar-refractivity contribution < 1.29 is 4.57 Å². The quantitative estimate of drug-likeness (QED) is 0.589. The predicted molar refractivity (Wildman–Crippen MR) is 63.1 cm³/mol. The molecule has 0 bridgehead atoms. The first-order chi connectivity index (χ1) is 6.90. The summed E-state index contributed by atoms with van der Waals surface area (Å²) in [5.74, 6) is 0. The molecule has 1 aliphatic rings. The third-order valence-corrected chi connectivity index (χ3v) is 5.71. The third-order valence-electron chi connectivity index (χ3n) is 2.07. The van der Waals surface area contributed by atoms with Crippen LogP contribution in [0.3, 0.4) is 0 Å². The number of hydrogen-bond acceptors (Lipinski definition) is 1. The van der Waals surface area contributed by atoms with Crippen LogP contribution in [-0.4, -0.2) is 15.0 Å². The molecule has 1 aromatic rings. The molecule has 3 heteroatoms. The molecular formula is C11H12NSSe+. The van der Waals surface area contributed by atoms with E-state index in [1.54, 1.807) is 0 Å². The minimum absolute atomic E-state index is 0.596. The zero-order valence-corrected chi connectivity index (χ0v) is 10.3. The van der Waals surface area contributed by atoms with E-state index < -0.39 is 0 Å². The van der Waals surface area contributed by atoms with Crippen molar-refractivity contribution in [2.45, 2.75) is 10.7 Å². The predicted octanol–water partition coefficient (Wildman–Crippen LogP) is 2.46. The summed E-state index contributed by atoms with van der Waals surface area (Å²) >= 11 is 2.58. The van der Waals surface area contributed by atoms with Crippen molar-refractivity contribution in [3.8, 4) is 0 Å². The Morgan fingerprint density at radius 1 is 1.50 bits per heavy atom. The van der Waals surface area contributed by atoms with Crippen molar-refractivity contribution in [1.29, 1.82) is 0 Å². The maximum absolute atomic E-state index is 3.75. The summed E-state index contributed by atoms with van der Waals surface area (Å²) in [6, 6.07) is 4.22. The van der Waals surface area contributed by atoms with E-state index >= 15 is 0 Å². The first-order valence-corrected chi connectivity index (χ1v) is 7.60. The Bertz CT molecular complexity index is 345. The van der Waals surface area contributed by atoms with Crippen LogP contribution in [0.2, 0.25) is 5.32 Å². The van der Waals surface area contributed by atoms with E-state index in [9.17, 15) is 0 Å². The summed E-state index contributed by atoms with van der Waals surface area (Å²) in [4.78, 5) is 2.30. The van der Waals surface area contributed by atoms with Gasteiger partial charge in [-0.1, -0.05) is 0 Å². The molecule has 2 rings (SSSR count). The zero-order valence-electron chi connectivity index (χ0n) is 7.80. The second kappa shape index (κ2) is 4.83. The van der Waals surface area contributed by atoms with Gasteiger partial charge in [-0.2, -0.15) is 0 Å². The monoisotopic (exact) mass is 270 g/mol. The van der Waals surface area contributed by atoms with Crippen LogP contribution in [0.4, 0.5) is 0 Å². The van der Waals surface area contributed by atoms with Crippen LogP contribution in [-0.2, 0) is 0 Å². The molecule has 1 nitrogen and oxygen atoms in total. The fourth-order valence-electron chi connectivity index (χ4n) is 1.27. The molecule has 0 saturated heterocycles. The van der Waals surface area contributed by atoms with E-state index in [4.69, 9.17) is 0 Å². The summed E-state index contributed by atoms with van der Waals surface area (Å²) in [5, 5.41) is 4.10. The summed E-state index contributed by atoms with van der Waals surface area (Å²) in [5.41, 5.74) is 1.18. The summed E-state index contributed by atoms with van der Waals surface area (Å²) < 4.78 is 2.28. The molecule has 1 aliphatic heterocycles. The Hall–Kier alpha value is -0.501. The van der Waals surface area contributed by atoms with E-state index in [0.29, 0.717) is 20.3 Å². The molecule has 1 unspecified atom stereocenters. The SMILES string of the molecule is C=Cc1cc[n+](C2C[Se]C=CS2)cc1. The Kier molecular flexibility index (Phi) is 3.46. The molecule has 0 spiro atoms. The number of rotatable bonds is 2. The minimum atomic E-state index is 0.596. The van der Waals surface area contributed by atoms with Crippen LogP contribution >= 0.6 is 11.8 Å². The van der Waals surface area contributed by atoms with E-state index in [-0.39, 0.29) is 0 Å². The third kappa shape index (κ3) is 2.30. The number of thioether (sulfide) groups is 1. The molecule has 0 radical (unpaired) electrons. The van der Waals surface area contributed by atoms with E-state index in [1.807, 2.05) is 17.8 Å². The molecule has 0 saturated carbocycles. The zero-order chi connectivity index (χ0) is 9.80. The average Bonchev–Trinajstić information content (AvgIpc) is 2.30. The molecule has 0 aromatic carbocycles. The van der Waals surface area contributed by atoms with Crippen molar-refractivity contribution >= 4 is 32.8 Å². The van der Waals surface area contributed by atoms with E-state index in [2.05, 4.69) is 46.1 Å². The molecule has 0 aliphatic carbocycles. The van der Waals surface area contributed by atoms with E-state index in [1.165, 1.54) is 10.9 Å². The van der Waals surface area contributed by atoms with Gasteiger partial charge >= 0.3 is 95.1 Å². The van der Waals surface area contributed by atoms with Gasteiger partial charge in [0.1, 0.15) is 0 Å². The molecule has 1 atom stereocenters. The van der Waals surface area contributed by atoms with Gasteiger partial charge < -0.3 is 0 Å². The van der Waals surface area contributed by atoms with Gasteiger partial charge in [0, 0.05) is 0 Å². The normalized spacial score (nSPS) is 20.7. The van der Waals surface area contributed by atoms with Crippen LogP contribution in [0.1, 0.15) is 10.9 Å². The molecule has 2 heterocycles. The molecule has 0 fully saturated rings. The van der Waals surface area contributed by atoms with Crippen LogP contribution in [0, 0.1) is 0 Å². The standard InChI is InChI=1S/C11H12NSSe/c1-2-10-3-5-12(6-4-10)11-9-14-8-7-13-11/h2-8,11H,1,9H2/q+1. The van der Waals surface area contributed by atoms with Gasteiger partial charge in [-0.05, 0) is 0 Å². The van der Waals surface area contributed by atoms with Gasteiger partial charge in [0.05, 0.1) is 0 Å². The van der Waals surface area contributed by atoms with Crippen molar-refractivity contribution in [3.05, 3.63) is 47.1 Å². The van der Waals surface area contributed by atoms with Gasteiger partial charge in [-0.25, -0.2) is 0 Å². The molecular weight excluding hydrogens is 257 g/mol. The number of nitrogens with zero attached hydrogens (tertiary/aromatic N) is 1. The fourth-order valence-corrected chi connectivity index (χ4v) is 4.70. The summed E-state index contributed by atoms with van der Waals surface area (Å²) in [7, 11) is 0. The van der Waals surface area contributed by atoms with Crippen LogP contribution in [0.15, 0.2) is 41.5 Å². The second-order valence-electron chi connectivity index (χ2n) is 2.98. The Labute approximate surface area is 95.1 Å².